The van der Waals surface area contributed by atoms with Gasteiger partial charge in [0, 0.05) is 6.42 Å². The molecule has 8 heteroatoms. The van der Waals surface area contributed by atoms with Crippen molar-refractivity contribution in [2.45, 2.75) is 51.6 Å². The van der Waals surface area contributed by atoms with E-state index < -0.39 is 35.4 Å². The molecule has 0 radical (unpaired) electrons. The summed E-state index contributed by atoms with van der Waals surface area (Å²) in [6.45, 7) is 4.83. The molecule has 0 fully saturated rings. The average molecular weight is 359 g/mol. The highest BCUT2D eigenvalue weighted by molar-refractivity contribution is 5.82. The van der Waals surface area contributed by atoms with E-state index >= 15 is 0 Å². The van der Waals surface area contributed by atoms with Gasteiger partial charge in [-0.05, 0) is 44.0 Å². The van der Waals surface area contributed by atoms with Crippen molar-refractivity contribution in [3.63, 3.8) is 0 Å². The lowest BCUT2D eigenvalue weighted by Gasteiger charge is -2.36. The zero-order chi connectivity index (χ0) is 19.0. The van der Waals surface area contributed by atoms with Gasteiger partial charge in [-0.25, -0.2) is 9.59 Å². The van der Waals surface area contributed by atoms with Gasteiger partial charge < -0.3 is 9.47 Å². The van der Waals surface area contributed by atoms with Crippen LogP contribution in [-0.2, 0) is 33.4 Å². The second-order valence-electron chi connectivity index (χ2n) is 6.83. The molecule has 0 aromatic heterocycles. The molecule has 1 atom stereocenters. The second kappa shape index (κ2) is 6.57. The first kappa shape index (κ1) is 19.1. The number of ether oxygens (including phenoxy) is 2. The molecule has 0 aliphatic carbocycles. The van der Waals surface area contributed by atoms with E-state index in [0.29, 0.717) is 11.1 Å². The third kappa shape index (κ3) is 4.43. The molecule has 1 unspecified atom stereocenters. The number of benzene rings is 1. The monoisotopic (exact) mass is 359 g/mol. The maximum absolute atomic E-state index is 12.9. The van der Waals surface area contributed by atoms with Gasteiger partial charge in [-0.1, -0.05) is 6.07 Å². The van der Waals surface area contributed by atoms with Gasteiger partial charge in [0.2, 0.25) is 0 Å². The number of carbonyl (C=O) groups is 2. The van der Waals surface area contributed by atoms with Gasteiger partial charge in [0.25, 0.3) is 0 Å². The zero-order valence-corrected chi connectivity index (χ0v) is 14.4. The Hall–Kier alpha value is -2.25. The minimum atomic E-state index is -4.48. The van der Waals surface area contributed by atoms with Crippen molar-refractivity contribution in [2.24, 2.45) is 0 Å². The summed E-state index contributed by atoms with van der Waals surface area (Å²) >= 11 is 0. The predicted molar refractivity (Wildman–Crippen MR) is 82.7 cm³/mol. The maximum atomic E-state index is 12.9. The van der Waals surface area contributed by atoms with Crippen molar-refractivity contribution >= 4 is 12.1 Å². The van der Waals surface area contributed by atoms with Crippen molar-refractivity contribution in [1.82, 2.24) is 4.90 Å². The van der Waals surface area contributed by atoms with Crippen LogP contribution in [0.2, 0.25) is 0 Å². The van der Waals surface area contributed by atoms with Crippen LogP contribution in [0.15, 0.2) is 18.2 Å². The highest BCUT2D eigenvalue weighted by atomic mass is 19.4. The Morgan fingerprint density at radius 2 is 1.80 bits per heavy atom. The topological polar surface area (TPSA) is 55.8 Å². The number of rotatable bonds is 1. The van der Waals surface area contributed by atoms with Gasteiger partial charge in [0.15, 0.2) is 0 Å². The second-order valence-corrected chi connectivity index (χ2v) is 6.83. The standard InChI is InChI=1S/C17H20F3NO4/c1-16(2,3)25-15(23)21-9-11-7-12(17(18,19)20)6-5-10(11)8-13(21)14(22)24-4/h5-7,13H,8-9H2,1-4H3. The third-order valence-electron chi connectivity index (χ3n) is 3.77. The molecule has 1 heterocycles. The summed E-state index contributed by atoms with van der Waals surface area (Å²) < 4.78 is 48.7. The van der Waals surface area contributed by atoms with Crippen molar-refractivity contribution in [2.75, 3.05) is 7.11 Å². The van der Waals surface area contributed by atoms with Crippen molar-refractivity contribution in [3.8, 4) is 0 Å². The lowest BCUT2D eigenvalue weighted by molar-refractivity contribution is -0.147. The van der Waals surface area contributed by atoms with Gasteiger partial charge in [-0.2, -0.15) is 13.2 Å². The Bertz CT molecular complexity index is 679. The van der Waals surface area contributed by atoms with Gasteiger partial charge >= 0.3 is 18.2 Å². The fourth-order valence-corrected chi connectivity index (χ4v) is 2.62. The Morgan fingerprint density at radius 1 is 1.16 bits per heavy atom. The van der Waals surface area contributed by atoms with Gasteiger partial charge in [-0.15, -0.1) is 0 Å². The van der Waals surface area contributed by atoms with E-state index in [1.54, 1.807) is 20.8 Å². The summed E-state index contributed by atoms with van der Waals surface area (Å²) in [7, 11) is 1.19. The van der Waals surface area contributed by atoms with Crippen LogP contribution in [-0.4, -0.2) is 35.7 Å². The Labute approximate surface area is 143 Å². The number of methoxy groups -OCH3 is 1. The molecule has 1 aliphatic heterocycles. The maximum Gasteiger partial charge on any atom is 0.416 e. The summed E-state index contributed by atoms with van der Waals surface area (Å²) in [5.41, 5.74) is -0.692. The number of hydrogen-bond donors (Lipinski definition) is 0. The molecule has 0 spiro atoms. The fourth-order valence-electron chi connectivity index (χ4n) is 2.62. The molecule has 0 saturated carbocycles. The Morgan fingerprint density at radius 3 is 2.32 bits per heavy atom. The van der Waals surface area contributed by atoms with Crippen LogP contribution in [0.5, 0.6) is 0 Å². The lowest BCUT2D eigenvalue weighted by Crippen LogP contribution is -2.50. The molecule has 0 saturated heterocycles. The van der Waals surface area contributed by atoms with E-state index in [-0.39, 0.29) is 13.0 Å². The molecule has 1 amide bonds. The first-order chi connectivity index (χ1) is 11.4. The van der Waals surface area contributed by atoms with Crippen LogP contribution in [0.1, 0.15) is 37.5 Å². The number of carbonyl (C=O) groups excluding carboxylic acids is 2. The average Bonchev–Trinajstić information content (AvgIpc) is 2.49. The van der Waals surface area contributed by atoms with E-state index in [1.165, 1.54) is 13.2 Å². The van der Waals surface area contributed by atoms with E-state index in [0.717, 1.165) is 17.0 Å². The summed E-state index contributed by atoms with van der Waals surface area (Å²) in [6, 6.07) is 2.36. The van der Waals surface area contributed by atoms with Crippen molar-refractivity contribution in [1.29, 1.82) is 0 Å². The van der Waals surface area contributed by atoms with Crippen LogP contribution in [0.3, 0.4) is 0 Å². The smallest absolute Gasteiger partial charge is 0.416 e. The molecule has 1 aromatic carbocycles. The number of amides is 1. The third-order valence-corrected chi connectivity index (χ3v) is 3.77. The molecule has 5 nitrogen and oxygen atoms in total. The molecule has 0 bridgehead atoms. The van der Waals surface area contributed by atoms with E-state index in [2.05, 4.69) is 0 Å². The number of alkyl halides is 3. The number of halogens is 3. The quantitative estimate of drug-likeness (QED) is 0.720. The minimum Gasteiger partial charge on any atom is -0.467 e. The minimum absolute atomic E-state index is 0.0688. The van der Waals surface area contributed by atoms with Crippen molar-refractivity contribution < 1.29 is 32.2 Å². The molecular formula is C17H20F3NO4. The van der Waals surface area contributed by atoms with Crippen LogP contribution in [0, 0.1) is 0 Å². The van der Waals surface area contributed by atoms with E-state index in [9.17, 15) is 22.8 Å². The highest BCUT2D eigenvalue weighted by Crippen LogP contribution is 2.33. The number of esters is 1. The van der Waals surface area contributed by atoms with Crippen LogP contribution in [0.4, 0.5) is 18.0 Å². The largest absolute Gasteiger partial charge is 0.467 e. The van der Waals surface area contributed by atoms with E-state index in [4.69, 9.17) is 9.47 Å². The molecule has 25 heavy (non-hydrogen) atoms. The molecule has 2 rings (SSSR count). The SMILES string of the molecule is COC(=O)C1Cc2ccc(C(F)(F)F)cc2CN1C(=O)OC(C)(C)C. The van der Waals surface area contributed by atoms with Crippen LogP contribution in [0.25, 0.3) is 0 Å². The van der Waals surface area contributed by atoms with Crippen molar-refractivity contribution in [3.05, 3.63) is 34.9 Å². The first-order valence-electron chi connectivity index (χ1n) is 7.69. The highest BCUT2D eigenvalue weighted by Gasteiger charge is 2.39. The summed E-state index contributed by atoms with van der Waals surface area (Å²) in [4.78, 5) is 25.6. The summed E-state index contributed by atoms with van der Waals surface area (Å²) in [5, 5.41) is 0. The number of fused-ring (bicyclic) bond motifs is 1. The Kier molecular flexibility index (Phi) is 5.02. The number of hydrogen-bond acceptors (Lipinski definition) is 4. The Balaban J connectivity index is 2.38. The predicted octanol–water partition coefficient (Wildman–Crippen LogP) is 3.54. The summed E-state index contributed by atoms with van der Waals surface area (Å²) in [5.74, 6) is -0.642. The van der Waals surface area contributed by atoms with Gasteiger partial charge in [0.1, 0.15) is 11.6 Å². The molecule has 1 aliphatic rings. The molecular weight excluding hydrogens is 339 g/mol. The molecule has 1 aromatic rings. The fraction of sp³-hybridized carbons (Fsp3) is 0.529. The van der Waals surface area contributed by atoms with E-state index in [1.807, 2.05) is 0 Å². The molecule has 0 N–H and O–H groups in total. The van der Waals surface area contributed by atoms with Crippen LogP contribution >= 0.6 is 0 Å². The zero-order valence-electron chi connectivity index (χ0n) is 14.4. The molecule has 138 valence electrons. The summed E-state index contributed by atoms with van der Waals surface area (Å²) in [6.07, 6.45) is -5.18. The van der Waals surface area contributed by atoms with Gasteiger partial charge in [0.05, 0.1) is 19.2 Å². The van der Waals surface area contributed by atoms with Gasteiger partial charge in [-0.3, -0.25) is 4.90 Å². The van der Waals surface area contributed by atoms with Crippen LogP contribution < -0.4 is 0 Å². The number of nitrogens with zero attached hydrogens (tertiary/aromatic N) is 1. The lowest BCUT2D eigenvalue weighted by atomic mass is 9.92. The first-order valence-corrected chi connectivity index (χ1v) is 7.69. The normalized spacial score (nSPS) is 17.7.